The van der Waals surface area contributed by atoms with E-state index in [9.17, 15) is 0 Å². The Kier molecular flexibility index (Phi) is 3.90. The van der Waals surface area contributed by atoms with Crippen molar-refractivity contribution in [1.29, 1.82) is 0 Å². The number of nitrogens with one attached hydrogen (secondary N) is 1. The molecule has 4 heteroatoms. The maximum Gasteiger partial charge on any atom is 0.144 e. The van der Waals surface area contributed by atoms with Crippen LogP contribution in [0.1, 0.15) is 27.2 Å². The van der Waals surface area contributed by atoms with Gasteiger partial charge < -0.3 is 20.5 Å². The summed E-state index contributed by atoms with van der Waals surface area (Å²) in [5, 5.41) is 3.54. The van der Waals surface area contributed by atoms with E-state index in [-0.39, 0.29) is 5.41 Å². The van der Waals surface area contributed by atoms with Gasteiger partial charge in [0.2, 0.25) is 0 Å². The summed E-state index contributed by atoms with van der Waals surface area (Å²) in [6.07, 6.45) is 1.35. The number of hydrogen-bond acceptors (Lipinski definition) is 4. The Morgan fingerprint density at radius 1 is 1.42 bits per heavy atom. The first-order chi connectivity index (χ1) is 8.98. The molecule has 0 radical (unpaired) electrons. The lowest BCUT2D eigenvalue weighted by atomic mass is 9.64. The second-order valence-corrected chi connectivity index (χ2v) is 5.66. The molecule has 1 aromatic carbocycles. The molecule has 106 valence electrons. The van der Waals surface area contributed by atoms with Gasteiger partial charge in [-0.05, 0) is 25.5 Å². The van der Waals surface area contributed by atoms with E-state index in [1.54, 1.807) is 7.11 Å². The summed E-state index contributed by atoms with van der Waals surface area (Å²) in [5.41, 5.74) is 7.74. The van der Waals surface area contributed by atoms with E-state index in [4.69, 9.17) is 15.2 Å². The van der Waals surface area contributed by atoms with Crippen molar-refractivity contribution in [1.82, 2.24) is 0 Å². The number of nitrogens with two attached hydrogens (primary N) is 1. The van der Waals surface area contributed by atoms with Crippen LogP contribution >= 0.6 is 0 Å². The Bertz CT molecular complexity index is 446. The van der Waals surface area contributed by atoms with Crippen LogP contribution in [0.15, 0.2) is 18.2 Å². The highest BCUT2D eigenvalue weighted by molar-refractivity contribution is 5.61. The van der Waals surface area contributed by atoms with Crippen molar-refractivity contribution in [3.05, 3.63) is 18.2 Å². The van der Waals surface area contributed by atoms with E-state index in [2.05, 4.69) is 19.2 Å². The number of methoxy groups -OCH3 is 1. The van der Waals surface area contributed by atoms with Gasteiger partial charge in [0.1, 0.15) is 5.75 Å². The molecule has 0 heterocycles. The molecular weight excluding hydrogens is 240 g/mol. The van der Waals surface area contributed by atoms with E-state index >= 15 is 0 Å². The van der Waals surface area contributed by atoms with Gasteiger partial charge in [-0.3, -0.25) is 0 Å². The standard InChI is InChI=1S/C15H24N2O2/c1-5-19-12-8-10(6-7-11(12)16)17-13-9-14(18-4)15(13,2)3/h6-8,13-14,17H,5,9,16H2,1-4H3. The summed E-state index contributed by atoms with van der Waals surface area (Å²) in [7, 11) is 1.78. The molecule has 1 fully saturated rings. The van der Waals surface area contributed by atoms with Crippen LogP contribution in [-0.2, 0) is 4.74 Å². The van der Waals surface area contributed by atoms with Gasteiger partial charge in [-0.1, -0.05) is 13.8 Å². The van der Waals surface area contributed by atoms with E-state index in [0.717, 1.165) is 17.9 Å². The van der Waals surface area contributed by atoms with Crippen LogP contribution in [0.4, 0.5) is 11.4 Å². The average molecular weight is 264 g/mol. The first-order valence-corrected chi connectivity index (χ1v) is 6.80. The smallest absolute Gasteiger partial charge is 0.144 e. The van der Waals surface area contributed by atoms with Crippen molar-refractivity contribution in [2.24, 2.45) is 5.41 Å². The van der Waals surface area contributed by atoms with Gasteiger partial charge in [0.15, 0.2) is 0 Å². The highest BCUT2D eigenvalue weighted by atomic mass is 16.5. The number of rotatable bonds is 5. The van der Waals surface area contributed by atoms with Gasteiger partial charge >= 0.3 is 0 Å². The largest absolute Gasteiger partial charge is 0.492 e. The lowest BCUT2D eigenvalue weighted by molar-refractivity contribution is -0.0794. The minimum atomic E-state index is 0.141. The molecule has 0 saturated heterocycles. The van der Waals surface area contributed by atoms with E-state index in [0.29, 0.717) is 24.4 Å². The molecular formula is C15H24N2O2. The quantitative estimate of drug-likeness (QED) is 0.803. The zero-order valence-corrected chi connectivity index (χ0v) is 12.2. The molecule has 0 bridgehead atoms. The zero-order chi connectivity index (χ0) is 14.0. The summed E-state index contributed by atoms with van der Waals surface area (Å²) in [4.78, 5) is 0. The number of benzene rings is 1. The molecule has 4 nitrogen and oxygen atoms in total. The Hall–Kier alpha value is -1.42. The molecule has 1 aliphatic carbocycles. The molecule has 2 unspecified atom stereocenters. The molecule has 1 saturated carbocycles. The van der Waals surface area contributed by atoms with Crippen LogP contribution in [0, 0.1) is 5.41 Å². The lowest BCUT2D eigenvalue weighted by Gasteiger charge is -2.51. The summed E-state index contributed by atoms with van der Waals surface area (Å²) in [6.45, 7) is 7.03. The number of hydrogen-bond donors (Lipinski definition) is 2. The van der Waals surface area contributed by atoms with Gasteiger partial charge in [-0.2, -0.15) is 0 Å². The minimum absolute atomic E-state index is 0.141. The predicted octanol–water partition coefficient (Wildman–Crippen LogP) is 2.89. The van der Waals surface area contributed by atoms with Crippen molar-refractivity contribution >= 4 is 11.4 Å². The number of ether oxygens (including phenoxy) is 2. The molecule has 1 aromatic rings. The fourth-order valence-corrected chi connectivity index (χ4v) is 2.64. The summed E-state index contributed by atoms with van der Waals surface area (Å²) < 4.78 is 11.0. The van der Waals surface area contributed by atoms with Crippen LogP contribution in [-0.4, -0.2) is 25.9 Å². The fraction of sp³-hybridized carbons (Fsp3) is 0.600. The average Bonchev–Trinajstić information content (AvgIpc) is 2.38. The molecule has 2 rings (SSSR count). The fourth-order valence-electron chi connectivity index (χ4n) is 2.64. The van der Waals surface area contributed by atoms with E-state index in [1.165, 1.54) is 0 Å². The van der Waals surface area contributed by atoms with Crippen molar-refractivity contribution in [2.45, 2.75) is 39.3 Å². The highest BCUT2D eigenvalue weighted by Gasteiger charge is 2.48. The first kappa shape index (κ1) is 14.0. The second kappa shape index (κ2) is 5.29. The maximum atomic E-state index is 5.88. The second-order valence-electron chi connectivity index (χ2n) is 5.66. The third-order valence-corrected chi connectivity index (χ3v) is 4.12. The zero-order valence-electron chi connectivity index (χ0n) is 12.2. The molecule has 19 heavy (non-hydrogen) atoms. The van der Waals surface area contributed by atoms with E-state index in [1.807, 2.05) is 25.1 Å². The van der Waals surface area contributed by atoms with Crippen molar-refractivity contribution < 1.29 is 9.47 Å². The maximum absolute atomic E-state index is 5.88. The van der Waals surface area contributed by atoms with Gasteiger partial charge in [0.25, 0.3) is 0 Å². The Morgan fingerprint density at radius 3 is 2.74 bits per heavy atom. The minimum Gasteiger partial charge on any atom is -0.492 e. The Labute approximate surface area is 115 Å². The summed E-state index contributed by atoms with van der Waals surface area (Å²) in [6, 6.07) is 6.26. The molecule has 2 atom stereocenters. The molecule has 3 N–H and O–H groups in total. The van der Waals surface area contributed by atoms with Gasteiger partial charge in [0, 0.05) is 30.3 Å². The van der Waals surface area contributed by atoms with Crippen LogP contribution in [0.3, 0.4) is 0 Å². The number of nitrogen functional groups attached to an aromatic ring is 1. The van der Waals surface area contributed by atoms with Gasteiger partial charge in [0.05, 0.1) is 18.4 Å². The predicted molar refractivity (Wildman–Crippen MR) is 78.6 cm³/mol. The van der Waals surface area contributed by atoms with Gasteiger partial charge in [-0.25, -0.2) is 0 Å². The Balaban J connectivity index is 2.06. The Morgan fingerprint density at radius 2 is 2.16 bits per heavy atom. The summed E-state index contributed by atoms with van der Waals surface area (Å²) >= 11 is 0. The lowest BCUT2D eigenvalue weighted by Crippen LogP contribution is -2.57. The highest BCUT2D eigenvalue weighted by Crippen LogP contribution is 2.44. The molecule has 0 amide bonds. The topological polar surface area (TPSA) is 56.5 Å². The molecule has 0 spiro atoms. The normalized spacial score (nSPS) is 24.6. The van der Waals surface area contributed by atoms with Crippen LogP contribution in [0.5, 0.6) is 5.75 Å². The first-order valence-electron chi connectivity index (χ1n) is 6.80. The third kappa shape index (κ3) is 2.63. The SMILES string of the molecule is CCOc1cc(NC2CC(OC)C2(C)C)ccc1N. The van der Waals surface area contributed by atoms with E-state index < -0.39 is 0 Å². The van der Waals surface area contributed by atoms with Crippen molar-refractivity contribution in [2.75, 3.05) is 24.8 Å². The molecule has 1 aliphatic rings. The third-order valence-electron chi connectivity index (χ3n) is 4.12. The van der Waals surface area contributed by atoms with Gasteiger partial charge in [-0.15, -0.1) is 0 Å². The van der Waals surface area contributed by atoms with Crippen LogP contribution in [0.25, 0.3) is 0 Å². The van der Waals surface area contributed by atoms with Crippen LogP contribution < -0.4 is 15.8 Å². The molecule has 0 aromatic heterocycles. The summed E-state index contributed by atoms with van der Waals surface area (Å²) in [5.74, 6) is 0.743. The van der Waals surface area contributed by atoms with Crippen molar-refractivity contribution in [3.63, 3.8) is 0 Å². The monoisotopic (exact) mass is 264 g/mol. The molecule has 0 aliphatic heterocycles. The van der Waals surface area contributed by atoms with Crippen LogP contribution in [0.2, 0.25) is 0 Å². The van der Waals surface area contributed by atoms with Crippen molar-refractivity contribution in [3.8, 4) is 5.75 Å². The number of anilines is 2.